The van der Waals surface area contributed by atoms with E-state index in [0.29, 0.717) is 22.2 Å². The van der Waals surface area contributed by atoms with Crippen LogP contribution in [0.4, 0.5) is 5.82 Å². The summed E-state index contributed by atoms with van der Waals surface area (Å²) in [6.07, 6.45) is 4.87. The van der Waals surface area contributed by atoms with E-state index >= 15 is 0 Å². The minimum Gasteiger partial charge on any atom is -0.354 e. The molecule has 28 heavy (non-hydrogen) atoms. The number of hydrogen-bond donors (Lipinski definition) is 1. The van der Waals surface area contributed by atoms with Gasteiger partial charge in [0.15, 0.2) is 0 Å². The number of nitrogens with zero attached hydrogens (tertiary/aromatic N) is 3. The second kappa shape index (κ2) is 9.92. The molecule has 7 heteroatoms. The van der Waals surface area contributed by atoms with Gasteiger partial charge < -0.3 is 15.1 Å². The minimum absolute atomic E-state index is 0.212. The Bertz CT molecular complexity index is 811. The summed E-state index contributed by atoms with van der Waals surface area (Å²) in [5, 5.41) is 3.87. The van der Waals surface area contributed by atoms with Crippen LogP contribution in [0.25, 0.3) is 6.08 Å². The van der Waals surface area contributed by atoms with Crippen molar-refractivity contribution < 1.29 is 4.79 Å². The monoisotopic (exact) mass is 418 g/mol. The Balaban J connectivity index is 1.51. The molecular weight excluding hydrogens is 395 g/mol. The van der Waals surface area contributed by atoms with Crippen LogP contribution < -0.4 is 10.2 Å². The maximum absolute atomic E-state index is 12.1. The molecule has 1 saturated heterocycles. The molecule has 1 N–H and O–H groups in total. The maximum Gasteiger partial charge on any atom is 0.244 e. The smallest absolute Gasteiger partial charge is 0.244 e. The molecule has 1 aliphatic heterocycles. The van der Waals surface area contributed by atoms with Crippen molar-refractivity contribution in [3.05, 3.63) is 63.8 Å². The lowest BCUT2D eigenvalue weighted by molar-refractivity contribution is -0.116. The summed E-state index contributed by atoms with van der Waals surface area (Å²) in [6, 6.07) is 9.26. The molecule has 2 aromatic rings. The quantitative estimate of drug-likeness (QED) is 0.723. The Morgan fingerprint density at radius 2 is 1.86 bits per heavy atom. The van der Waals surface area contributed by atoms with Crippen LogP contribution in [0.3, 0.4) is 0 Å². The fourth-order valence-electron chi connectivity index (χ4n) is 3.08. The molecule has 0 atom stereocenters. The molecule has 5 nitrogen and oxygen atoms in total. The Morgan fingerprint density at radius 3 is 2.46 bits per heavy atom. The van der Waals surface area contributed by atoms with E-state index in [1.165, 1.54) is 6.08 Å². The standard InChI is InChI=1S/C21H24Cl2N4O/c1-2-26-10-12-27(13-11-26)20-8-6-16(14-24-20)15-25-21(28)9-7-17-18(22)4-3-5-19(17)23/h3-9,14H,2,10-13,15H2,1H3,(H,25,28). The van der Waals surface area contributed by atoms with E-state index in [1.807, 2.05) is 18.3 Å². The summed E-state index contributed by atoms with van der Waals surface area (Å²) >= 11 is 12.2. The number of halogens is 2. The van der Waals surface area contributed by atoms with Crippen LogP contribution in [0.2, 0.25) is 10.0 Å². The largest absolute Gasteiger partial charge is 0.354 e. The summed E-state index contributed by atoms with van der Waals surface area (Å²) in [5.41, 5.74) is 1.59. The van der Waals surface area contributed by atoms with Gasteiger partial charge in [-0.05, 0) is 36.4 Å². The fourth-order valence-corrected chi connectivity index (χ4v) is 3.60. The number of rotatable bonds is 6. The highest BCUT2D eigenvalue weighted by Crippen LogP contribution is 2.25. The molecule has 1 aliphatic rings. The second-order valence-electron chi connectivity index (χ2n) is 6.63. The highest BCUT2D eigenvalue weighted by Gasteiger charge is 2.16. The summed E-state index contributed by atoms with van der Waals surface area (Å²) < 4.78 is 0. The number of hydrogen-bond acceptors (Lipinski definition) is 4. The highest BCUT2D eigenvalue weighted by molar-refractivity contribution is 6.37. The van der Waals surface area contributed by atoms with Crippen molar-refractivity contribution in [2.24, 2.45) is 0 Å². The number of carbonyl (C=O) groups excluding carboxylic acids is 1. The SMILES string of the molecule is CCN1CCN(c2ccc(CNC(=O)C=Cc3c(Cl)cccc3Cl)cn2)CC1. The van der Waals surface area contributed by atoms with Crippen LogP contribution in [0.1, 0.15) is 18.1 Å². The molecule has 3 rings (SSSR count). The molecule has 0 spiro atoms. The van der Waals surface area contributed by atoms with Gasteiger partial charge >= 0.3 is 0 Å². The summed E-state index contributed by atoms with van der Waals surface area (Å²) in [5.74, 6) is 0.773. The molecule has 2 heterocycles. The molecule has 1 fully saturated rings. The number of piperazine rings is 1. The zero-order valence-electron chi connectivity index (χ0n) is 15.9. The molecule has 0 saturated carbocycles. The number of amides is 1. The molecule has 1 aromatic heterocycles. The predicted octanol–water partition coefficient (Wildman–Crippen LogP) is 3.86. The summed E-state index contributed by atoms with van der Waals surface area (Å²) in [6.45, 7) is 7.82. The van der Waals surface area contributed by atoms with Crippen LogP contribution in [0.5, 0.6) is 0 Å². The van der Waals surface area contributed by atoms with E-state index in [9.17, 15) is 4.79 Å². The molecule has 0 radical (unpaired) electrons. The van der Waals surface area contributed by atoms with Crippen molar-refractivity contribution >= 4 is 41.0 Å². The number of benzene rings is 1. The van der Waals surface area contributed by atoms with Gasteiger partial charge in [0.25, 0.3) is 0 Å². The number of aromatic nitrogens is 1. The third-order valence-electron chi connectivity index (χ3n) is 4.82. The van der Waals surface area contributed by atoms with Crippen molar-refractivity contribution in [1.29, 1.82) is 0 Å². The van der Waals surface area contributed by atoms with E-state index < -0.39 is 0 Å². The van der Waals surface area contributed by atoms with E-state index in [-0.39, 0.29) is 5.91 Å². The average Bonchev–Trinajstić information content (AvgIpc) is 2.72. The lowest BCUT2D eigenvalue weighted by Gasteiger charge is -2.34. The van der Waals surface area contributed by atoms with Gasteiger partial charge in [-0.25, -0.2) is 4.98 Å². The van der Waals surface area contributed by atoms with Crippen molar-refractivity contribution in [3.63, 3.8) is 0 Å². The zero-order chi connectivity index (χ0) is 19.9. The molecule has 1 aromatic carbocycles. The fraction of sp³-hybridized carbons (Fsp3) is 0.333. The number of likely N-dealkylation sites (N-methyl/N-ethyl adjacent to an activating group) is 1. The first-order valence-electron chi connectivity index (χ1n) is 9.39. The Morgan fingerprint density at radius 1 is 1.14 bits per heavy atom. The summed E-state index contributed by atoms with van der Waals surface area (Å²) in [4.78, 5) is 21.4. The molecular formula is C21H24Cl2N4O. The van der Waals surface area contributed by atoms with Crippen LogP contribution in [0.15, 0.2) is 42.6 Å². The molecule has 0 bridgehead atoms. The van der Waals surface area contributed by atoms with E-state index in [1.54, 1.807) is 24.3 Å². The van der Waals surface area contributed by atoms with Crippen molar-refractivity contribution in [2.75, 3.05) is 37.6 Å². The third kappa shape index (κ3) is 5.47. The van der Waals surface area contributed by atoms with Crippen LogP contribution in [-0.4, -0.2) is 48.5 Å². The molecule has 0 unspecified atom stereocenters. The lowest BCUT2D eigenvalue weighted by Crippen LogP contribution is -2.46. The van der Waals surface area contributed by atoms with Gasteiger partial charge in [-0.1, -0.05) is 42.3 Å². The van der Waals surface area contributed by atoms with Gasteiger partial charge in [0.05, 0.1) is 0 Å². The Labute approximate surface area is 175 Å². The predicted molar refractivity (Wildman–Crippen MR) is 116 cm³/mol. The van der Waals surface area contributed by atoms with Gasteiger partial charge in [0.1, 0.15) is 5.82 Å². The first-order chi connectivity index (χ1) is 13.6. The van der Waals surface area contributed by atoms with Gasteiger partial charge in [-0.15, -0.1) is 0 Å². The second-order valence-corrected chi connectivity index (χ2v) is 7.45. The topological polar surface area (TPSA) is 48.5 Å². The van der Waals surface area contributed by atoms with Gasteiger partial charge in [0.2, 0.25) is 5.91 Å². The minimum atomic E-state index is -0.212. The Hall–Kier alpha value is -2.08. The highest BCUT2D eigenvalue weighted by atomic mass is 35.5. The molecule has 1 amide bonds. The lowest BCUT2D eigenvalue weighted by atomic mass is 10.2. The first kappa shape index (κ1) is 20.6. The van der Waals surface area contributed by atoms with Crippen molar-refractivity contribution in [2.45, 2.75) is 13.5 Å². The maximum atomic E-state index is 12.1. The third-order valence-corrected chi connectivity index (χ3v) is 5.48. The zero-order valence-corrected chi connectivity index (χ0v) is 17.4. The first-order valence-corrected chi connectivity index (χ1v) is 10.1. The van der Waals surface area contributed by atoms with E-state index in [4.69, 9.17) is 23.2 Å². The van der Waals surface area contributed by atoms with Gasteiger partial charge in [0, 0.05) is 60.6 Å². The normalized spacial score (nSPS) is 15.2. The van der Waals surface area contributed by atoms with E-state index in [2.05, 4.69) is 27.0 Å². The Kier molecular flexibility index (Phi) is 7.31. The number of pyridine rings is 1. The molecule has 148 valence electrons. The van der Waals surface area contributed by atoms with E-state index in [0.717, 1.165) is 44.1 Å². The average molecular weight is 419 g/mol. The van der Waals surface area contributed by atoms with Crippen LogP contribution in [0, 0.1) is 0 Å². The summed E-state index contributed by atoms with van der Waals surface area (Å²) in [7, 11) is 0. The number of anilines is 1. The van der Waals surface area contributed by atoms with Gasteiger partial charge in [-0.3, -0.25) is 4.79 Å². The van der Waals surface area contributed by atoms with Crippen LogP contribution in [-0.2, 0) is 11.3 Å². The van der Waals surface area contributed by atoms with Crippen LogP contribution >= 0.6 is 23.2 Å². The number of carbonyl (C=O) groups is 1. The van der Waals surface area contributed by atoms with Crippen molar-refractivity contribution in [1.82, 2.24) is 15.2 Å². The number of nitrogens with one attached hydrogen (secondary N) is 1. The van der Waals surface area contributed by atoms with Crippen molar-refractivity contribution in [3.8, 4) is 0 Å². The molecule has 0 aliphatic carbocycles. The van der Waals surface area contributed by atoms with Gasteiger partial charge in [-0.2, -0.15) is 0 Å².